The molecule has 1 saturated carbocycles. The largest absolute Gasteiger partial charge is 0.341 e. The van der Waals surface area contributed by atoms with Gasteiger partial charge in [0.2, 0.25) is 5.91 Å². The first-order valence-corrected chi connectivity index (χ1v) is 11.7. The smallest absolute Gasteiger partial charge is 0.262 e. The monoisotopic (exact) mass is 399 g/mol. The Bertz CT molecular complexity index is 963. The Morgan fingerprint density at radius 1 is 1.21 bits per heavy atom. The van der Waals surface area contributed by atoms with Gasteiger partial charge < -0.3 is 4.90 Å². The average molecular weight is 400 g/mol. The molecule has 0 aromatic carbocycles. The van der Waals surface area contributed by atoms with Crippen molar-refractivity contribution in [1.29, 1.82) is 0 Å². The van der Waals surface area contributed by atoms with E-state index in [1.54, 1.807) is 22.2 Å². The minimum absolute atomic E-state index is 0.0297. The lowest BCUT2D eigenvalue weighted by molar-refractivity contribution is -0.135. The second-order valence-corrected chi connectivity index (χ2v) is 10.2. The third kappa shape index (κ3) is 3.19. The van der Waals surface area contributed by atoms with Gasteiger partial charge in [-0.1, -0.05) is 26.2 Å². The molecule has 1 amide bonds. The molecular weight excluding hydrogens is 370 g/mol. The Morgan fingerprint density at radius 3 is 2.89 bits per heavy atom. The lowest BCUT2D eigenvalue weighted by atomic mass is 9.75. The number of amides is 1. The number of thiophene rings is 1. The van der Waals surface area contributed by atoms with Gasteiger partial charge in [0.25, 0.3) is 5.56 Å². The van der Waals surface area contributed by atoms with E-state index < -0.39 is 0 Å². The van der Waals surface area contributed by atoms with Gasteiger partial charge in [-0.25, -0.2) is 4.98 Å². The fraction of sp³-hybridized carbons (Fsp3) is 0.682. The highest BCUT2D eigenvalue weighted by Crippen LogP contribution is 2.37. The zero-order valence-electron chi connectivity index (χ0n) is 16.7. The summed E-state index contributed by atoms with van der Waals surface area (Å²) in [6.45, 7) is 4.11. The summed E-state index contributed by atoms with van der Waals surface area (Å²) in [6.07, 6.45) is 11.1. The lowest BCUT2D eigenvalue weighted by Crippen LogP contribution is -2.46. The molecule has 0 bridgehead atoms. The second-order valence-electron chi connectivity index (χ2n) is 9.14. The number of aryl methyl sites for hydroxylation is 1. The molecule has 5 rings (SSSR count). The number of aromatic nitrogens is 2. The second kappa shape index (κ2) is 7.29. The molecule has 0 N–H and O–H groups in total. The van der Waals surface area contributed by atoms with Gasteiger partial charge in [0.1, 0.15) is 11.4 Å². The van der Waals surface area contributed by atoms with Crippen molar-refractivity contribution in [1.82, 2.24) is 14.5 Å². The number of carbonyl (C=O) groups excluding carboxylic acids is 1. The van der Waals surface area contributed by atoms with Crippen molar-refractivity contribution in [3.63, 3.8) is 0 Å². The minimum atomic E-state index is -0.0297. The van der Waals surface area contributed by atoms with E-state index in [1.165, 1.54) is 36.1 Å². The van der Waals surface area contributed by atoms with E-state index in [-0.39, 0.29) is 18.0 Å². The number of nitrogens with zero attached hydrogens (tertiary/aromatic N) is 3. The first-order valence-electron chi connectivity index (χ1n) is 10.9. The molecule has 2 fully saturated rings. The molecule has 0 spiro atoms. The molecule has 2 aromatic rings. The molecule has 3 heterocycles. The van der Waals surface area contributed by atoms with Crippen molar-refractivity contribution in [3.8, 4) is 0 Å². The van der Waals surface area contributed by atoms with Crippen molar-refractivity contribution in [2.24, 2.45) is 17.8 Å². The first kappa shape index (κ1) is 18.3. The van der Waals surface area contributed by atoms with Crippen LogP contribution in [0.5, 0.6) is 0 Å². The molecule has 28 heavy (non-hydrogen) atoms. The normalized spacial score (nSPS) is 27.5. The van der Waals surface area contributed by atoms with Crippen LogP contribution in [0.3, 0.4) is 0 Å². The summed E-state index contributed by atoms with van der Waals surface area (Å²) < 4.78 is 1.54. The van der Waals surface area contributed by atoms with E-state index in [0.717, 1.165) is 54.9 Å². The number of rotatable bonds is 2. The Hall–Kier alpha value is -1.69. The zero-order chi connectivity index (χ0) is 19.3. The summed E-state index contributed by atoms with van der Waals surface area (Å²) in [6, 6.07) is 0. The van der Waals surface area contributed by atoms with Gasteiger partial charge >= 0.3 is 0 Å². The molecule has 0 unspecified atom stereocenters. The standard InChI is InChI=1S/C22H29N3O2S/c1-14-6-7-17-18(10-14)28-21-20(17)22(27)25(13-23-21)12-19(26)24-9-8-15-4-2-3-5-16(15)11-24/h13-16H,2-12H2,1H3/t14-,15-,16+/m0/s1. The van der Waals surface area contributed by atoms with Crippen molar-refractivity contribution >= 4 is 27.5 Å². The predicted molar refractivity (Wildman–Crippen MR) is 112 cm³/mol. The predicted octanol–water partition coefficient (Wildman–Crippen LogP) is 3.62. The third-order valence-electron chi connectivity index (χ3n) is 7.23. The zero-order valence-corrected chi connectivity index (χ0v) is 17.5. The molecule has 3 atom stereocenters. The molecule has 3 aliphatic rings. The Morgan fingerprint density at radius 2 is 2.04 bits per heavy atom. The van der Waals surface area contributed by atoms with Crippen LogP contribution in [0, 0.1) is 17.8 Å². The highest BCUT2D eigenvalue weighted by Gasteiger charge is 2.33. The van der Waals surface area contributed by atoms with Crippen LogP contribution in [-0.2, 0) is 24.2 Å². The SMILES string of the molecule is C[C@H]1CCc2c(sc3ncn(CC(=O)N4CC[C@@H]5CCCC[C@@H]5C4)c(=O)c23)C1. The van der Waals surface area contributed by atoms with Crippen molar-refractivity contribution < 1.29 is 4.79 Å². The Kier molecular flexibility index (Phi) is 4.77. The number of fused-ring (bicyclic) bond motifs is 4. The number of piperidine rings is 1. The molecule has 6 heteroatoms. The third-order valence-corrected chi connectivity index (χ3v) is 8.39. The van der Waals surface area contributed by atoms with Gasteiger partial charge in [0.15, 0.2) is 0 Å². The molecule has 0 radical (unpaired) electrons. The summed E-state index contributed by atoms with van der Waals surface area (Å²) in [7, 11) is 0. The van der Waals surface area contributed by atoms with E-state index in [9.17, 15) is 9.59 Å². The maximum atomic E-state index is 13.1. The van der Waals surface area contributed by atoms with Crippen LogP contribution in [-0.4, -0.2) is 33.4 Å². The lowest BCUT2D eigenvalue weighted by Gasteiger charge is -2.41. The van der Waals surface area contributed by atoms with Crippen LogP contribution >= 0.6 is 11.3 Å². The highest BCUT2D eigenvalue weighted by atomic mass is 32.1. The quantitative estimate of drug-likeness (QED) is 0.775. The van der Waals surface area contributed by atoms with Crippen molar-refractivity contribution in [3.05, 3.63) is 27.1 Å². The summed E-state index contributed by atoms with van der Waals surface area (Å²) in [5.74, 6) is 2.21. The topological polar surface area (TPSA) is 55.2 Å². The molecule has 1 aliphatic heterocycles. The van der Waals surface area contributed by atoms with E-state index in [1.807, 2.05) is 4.90 Å². The van der Waals surface area contributed by atoms with Gasteiger partial charge in [-0.2, -0.15) is 0 Å². The molecule has 2 aliphatic carbocycles. The summed E-state index contributed by atoms with van der Waals surface area (Å²) in [5, 5.41) is 0.771. The highest BCUT2D eigenvalue weighted by molar-refractivity contribution is 7.18. The number of hydrogen-bond acceptors (Lipinski definition) is 4. The van der Waals surface area contributed by atoms with Crippen LogP contribution in [0.15, 0.2) is 11.1 Å². The van der Waals surface area contributed by atoms with Gasteiger partial charge in [-0.3, -0.25) is 14.2 Å². The minimum Gasteiger partial charge on any atom is -0.341 e. The maximum absolute atomic E-state index is 13.1. The van der Waals surface area contributed by atoms with E-state index in [0.29, 0.717) is 11.8 Å². The molecule has 150 valence electrons. The van der Waals surface area contributed by atoms with Crippen LogP contribution in [0.1, 0.15) is 55.9 Å². The number of likely N-dealkylation sites (tertiary alicyclic amines) is 1. The maximum Gasteiger partial charge on any atom is 0.262 e. The Labute approximate surface area is 169 Å². The molecule has 1 saturated heterocycles. The van der Waals surface area contributed by atoms with E-state index >= 15 is 0 Å². The summed E-state index contributed by atoms with van der Waals surface area (Å²) in [5.41, 5.74) is 1.17. The fourth-order valence-corrected chi connectivity index (χ4v) is 6.89. The summed E-state index contributed by atoms with van der Waals surface area (Å²) >= 11 is 1.67. The van der Waals surface area contributed by atoms with Crippen LogP contribution in [0.4, 0.5) is 0 Å². The first-order chi connectivity index (χ1) is 13.6. The molecule has 2 aromatic heterocycles. The molecule has 5 nitrogen and oxygen atoms in total. The summed E-state index contributed by atoms with van der Waals surface area (Å²) in [4.78, 5) is 34.8. The molecular formula is C22H29N3O2S. The average Bonchev–Trinajstić information content (AvgIpc) is 3.07. The van der Waals surface area contributed by atoms with Crippen LogP contribution in [0.25, 0.3) is 10.2 Å². The number of hydrogen-bond donors (Lipinski definition) is 0. The number of carbonyl (C=O) groups is 1. The van der Waals surface area contributed by atoms with Crippen LogP contribution < -0.4 is 5.56 Å². The van der Waals surface area contributed by atoms with Crippen molar-refractivity contribution in [2.75, 3.05) is 13.1 Å². The van der Waals surface area contributed by atoms with Crippen LogP contribution in [0.2, 0.25) is 0 Å². The van der Waals surface area contributed by atoms with E-state index in [4.69, 9.17) is 0 Å². The van der Waals surface area contributed by atoms with E-state index in [2.05, 4.69) is 11.9 Å². The van der Waals surface area contributed by atoms with Crippen molar-refractivity contribution in [2.45, 2.75) is 64.8 Å². The Balaban J connectivity index is 1.37. The van der Waals surface area contributed by atoms with Gasteiger partial charge in [-0.15, -0.1) is 11.3 Å². The van der Waals surface area contributed by atoms with Gasteiger partial charge in [0.05, 0.1) is 11.7 Å². The van der Waals surface area contributed by atoms with Gasteiger partial charge in [0, 0.05) is 18.0 Å². The van der Waals surface area contributed by atoms with Gasteiger partial charge in [-0.05, 0) is 55.4 Å². The fourth-order valence-electron chi connectivity index (χ4n) is 5.55.